The highest BCUT2D eigenvalue weighted by atomic mass is 16.9. The summed E-state index contributed by atoms with van der Waals surface area (Å²) < 4.78 is 0. The summed E-state index contributed by atoms with van der Waals surface area (Å²) in [5.74, 6) is 0. The van der Waals surface area contributed by atoms with Crippen LogP contribution in [0.15, 0.2) is 0 Å². The molecular weight excluding hydrogens is 460 g/mol. The van der Waals surface area contributed by atoms with Gasteiger partial charge in [0.15, 0.2) is 0 Å². The normalized spacial score (nSPS) is 9.00. The van der Waals surface area contributed by atoms with E-state index in [1.165, 1.54) is 0 Å². The summed E-state index contributed by atoms with van der Waals surface area (Å²) in [6, 6.07) is 0. The summed E-state index contributed by atoms with van der Waals surface area (Å²) in [5.41, 5.74) is 0. The van der Waals surface area contributed by atoms with Gasteiger partial charge in [-0.05, 0) is 0 Å². The molecule has 0 saturated heterocycles. The van der Waals surface area contributed by atoms with Gasteiger partial charge in [-0.25, -0.2) is 0 Å². The van der Waals surface area contributed by atoms with Crippen molar-refractivity contribution in [1.82, 2.24) is 0 Å². The molecule has 20 heteroatoms. The second-order valence-electron chi connectivity index (χ2n) is 4.55. The molecule has 0 atom stereocenters. The maximum absolute atomic E-state index is 8.36. The third kappa shape index (κ3) is 104. The summed E-state index contributed by atoms with van der Waals surface area (Å²) in [6.07, 6.45) is -3.81. The van der Waals surface area contributed by atoms with Crippen molar-refractivity contribution in [3.8, 4) is 0 Å². The summed E-state index contributed by atoms with van der Waals surface area (Å²) in [6.45, 7) is -2.92. The lowest BCUT2D eigenvalue weighted by molar-refractivity contribution is -0.742. The minimum Gasteiger partial charge on any atom is -0.394 e. The van der Waals surface area contributed by atoms with Crippen LogP contribution in [0.4, 0.5) is 0 Å². The summed E-state index contributed by atoms with van der Waals surface area (Å²) in [5, 5.41) is 123. The molecule has 0 unspecified atom stereocenters. The van der Waals surface area contributed by atoms with E-state index >= 15 is 0 Å². The minimum absolute atomic E-state index is 0.365. The fraction of sp³-hybridized carbons (Fsp3) is 1.00. The van der Waals surface area contributed by atoms with E-state index in [0.717, 1.165) is 0 Å². The molecule has 0 spiro atoms. The van der Waals surface area contributed by atoms with Crippen LogP contribution < -0.4 is 0 Å². The topological polar surface area (TPSA) is 370 Å². The molecule has 0 aromatic rings. The van der Waals surface area contributed by atoms with E-state index in [1.807, 2.05) is 0 Å². The number of aliphatic hydroxyl groups excluding tert-OH is 12. The van der Waals surface area contributed by atoms with E-state index in [1.54, 1.807) is 0 Å². The third-order valence-electron chi connectivity index (χ3n) is 1.69. The predicted molar refractivity (Wildman–Crippen MR) is 98.3 cm³/mol. The first-order chi connectivity index (χ1) is 14.7. The van der Waals surface area contributed by atoms with Crippen molar-refractivity contribution in [2.75, 3.05) is 52.9 Å². The molecule has 32 heavy (non-hydrogen) atoms. The van der Waals surface area contributed by atoms with E-state index in [-0.39, 0.29) is 52.9 Å². The maximum atomic E-state index is 8.36. The van der Waals surface area contributed by atoms with Crippen LogP contribution in [-0.2, 0) is 0 Å². The standard InChI is InChI=1S/4C3H8O3.2HNO3/c4*4-1-3(6)2-5;2*2-1(3)4/h4*3-6H,1-2H2;2*(H,2,3,4). The lowest BCUT2D eigenvalue weighted by Gasteiger charge is -1.96. The van der Waals surface area contributed by atoms with Crippen LogP contribution in [0.3, 0.4) is 0 Å². The van der Waals surface area contributed by atoms with Crippen molar-refractivity contribution in [3.05, 3.63) is 20.2 Å². The first-order valence-corrected chi connectivity index (χ1v) is 7.96. The second-order valence-corrected chi connectivity index (χ2v) is 4.55. The molecular formula is C12H34N2O18. The highest BCUT2D eigenvalue weighted by molar-refractivity contribution is 4.45. The zero-order chi connectivity index (χ0) is 27.1. The largest absolute Gasteiger partial charge is 0.394 e. The van der Waals surface area contributed by atoms with Gasteiger partial charge in [-0.2, -0.15) is 0 Å². The van der Waals surface area contributed by atoms with Crippen LogP contribution in [0, 0.1) is 20.2 Å². The molecule has 14 N–H and O–H groups in total. The Kier molecular flexibility index (Phi) is 53.9. The smallest absolute Gasteiger partial charge is 0.291 e. The van der Waals surface area contributed by atoms with Crippen LogP contribution in [0.2, 0.25) is 0 Å². The van der Waals surface area contributed by atoms with E-state index < -0.39 is 34.6 Å². The first kappa shape index (κ1) is 43.7. The molecule has 0 amide bonds. The Hall–Kier alpha value is -2.08. The number of nitrogens with zero attached hydrogens (tertiary/aromatic N) is 2. The van der Waals surface area contributed by atoms with Crippen LogP contribution in [-0.4, -0.2) is 159 Å². The van der Waals surface area contributed by atoms with Crippen molar-refractivity contribution >= 4 is 0 Å². The van der Waals surface area contributed by atoms with Gasteiger partial charge in [-0.15, -0.1) is 20.2 Å². The fourth-order valence-corrected chi connectivity index (χ4v) is 0.231. The Morgan fingerprint density at radius 3 is 0.500 bits per heavy atom. The van der Waals surface area contributed by atoms with E-state index in [4.69, 9.17) is 91.9 Å². The van der Waals surface area contributed by atoms with Crippen LogP contribution >= 0.6 is 0 Å². The number of rotatable bonds is 8. The monoisotopic (exact) mass is 494 g/mol. The molecule has 0 aromatic carbocycles. The zero-order valence-corrected chi connectivity index (χ0v) is 16.8. The lowest BCUT2D eigenvalue weighted by atomic mass is 10.4. The molecule has 200 valence electrons. The van der Waals surface area contributed by atoms with Crippen molar-refractivity contribution in [2.45, 2.75) is 24.4 Å². The average Bonchev–Trinajstić information content (AvgIpc) is 2.77. The summed E-state index contributed by atoms with van der Waals surface area (Å²) >= 11 is 0. The molecule has 0 rings (SSSR count). The average molecular weight is 494 g/mol. The molecule has 0 fully saturated rings. The van der Waals surface area contributed by atoms with Gasteiger partial charge in [-0.1, -0.05) is 0 Å². The molecule has 20 nitrogen and oxygen atoms in total. The van der Waals surface area contributed by atoms with Crippen molar-refractivity contribution in [2.24, 2.45) is 0 Å². The zero-order valence-electron chi connectivity index (χ0n) is 16.8. The first-order valence-electron chi connectivity index (χ1n) is 7.96. The Labute approximate surface area is 180 Å². The highest BCUT2D eigenvalue weighted by Crippen LogP contribution is 1.73. The van der Waals surface area contributed by atoms with E-state index in [0.29, 0.717) is 0 Å². The maximum Gasteiger partial charge on any atom is 0.291 e. The Morgan fingerprint density at radius 2 is 0.500 bits per heavy atom. The Bertz CT molecular complexity index is 276. The van der Waals surface area contributed by atoms with Gasteiger partial charge in [0, 0.05) is 0 Å². The number of hydrogen-bond donors (Lipinski definition) is 14. The lowest BCUT2D eigenvalue weighted by Crippen LogP contribution is -2.15. The minimum atomic E-state index is -1.50. The van der Waals surface area contributed by atoms with Crippen LogP contribution in [0.25, 0.3) is 0 Å². The number of hydrogen-bond acceptors (Lipinski definition) is 16. The predicted octanol–water partition coefficient (Wildman–Crippen LogP) is -7.37. The highest BCUT2D eigenvalue weighted by Gasteiger charge is 1.95. The SMILES string of the molecule is O=[N+]([O-])O.O=[N+]([O-])O.OCC(O)CO.OCC(O)CO.OCC(O)CO.OCC(O)CO. The van der Waals surface area contributed by atoms with Gasteiger partial charge >= 0.3 is 0 Å². The fourth-order valence-electron chi connectivity index (χ4n) is 0.231. The molecule has 0 aliphatic carbocycles. The van der Waals surface area contributed by atoms with Gasteiger partial charge in [0.05, 0.1) is 52.9 Å². The molecule has 0 bridgehead atoms. The van der Waals surface area contributed by atoms with Gasteiger partial charge in [0.1, 0.15) is 24.4 Å². The van der Waals surface area contributed by atoms with Gasteiger partial charge in [-0.3, -0.25) is 0 Å². The van der Waals surface area contributed by atoms with E-state index in [2.05, 4.69) is 0 Å². The van der Waals surface area contributed by atoms with Gasteiger partial charge < -0.3 is 71.7 Å². The summed E-state index contributed by atoms with van der Waals surface area (Å²) in [7, 11) is 0. The van der Waals surface area contributed by atoms with Crippen molar-refractivity contribution < 1.29 is 81.9 Å². The Morgan fingerprint density at radius 1 is 0.438 bits per heavy atom. The van der Waals surface area contributed by atoms with Crippen LogP contribution in [0.1, 0.15) is 0 Å². The molecule has 0 aliphatic rings. The second kappa shape index (κ2) is 39.4. The molecule has 0 heterocycles. The molecule has 0 saturated carbocycles. The summed E-state index contributed by atoms with van der Waals surface area (Å²) in [4.78, 5) is 16.7. The number of aliphatic hydroxyl groups is 12. The quantitative estimate of drug-likeness (QED) is 0.110. The van der Waals surface area contributed by atoms with Crippen molar-refractivity contribution in [1.29, 1.82) is 0 Å². The third-order valence-corrected chi connectivity index (χ3v) is 1.69. The van der Waals surface area contributed by atoms with Gasteiger partial charge in [0.2, 0.25) is 0 Å². The van der Waals surface area contributed by atoms with Crippen molar-refractivity contribution in [3.63, 3.8) is 0 Å². The van der Waals surface area contributed by atoms with Gasteiger partial charge in [0.25, 0.3) is 10.2 Å². The van der Waals surface area contributed by atoms with E-state index in [9.17, 15) is 0 Å². The molecule has 0 aliphatic heterocycles. The van der Waals surface area contributed by atoms with Crippen LogP contribution in [0.5, 0.6) is 0 Å². The molecule has 0 radical (unpaired) electrons. The molecule has 0 aromatic heterocycles. The Balaban J connectivity index is -0.0000000639.